The lowest BCUT2D eigenvalue weighted by atomic mass is 10.2. The van der Waals surface area contributed by atoms with Gasteiger partial charge in [-0.3, -0.25) is 5.43 Å². The van der Waals surface area contributed by atoms with Crippen LogP contribution in [0.3, 0.4) is 0 Å². The highest BCUT2D eigenvalue weighted by molar-refractivity contribution is 5.41. The van der Waals surface area contributed by atoms with E-state index in [9.17, 15) is 0 Å². The van der Waals surface area contributed by atoms with Crippen molar-refractivity contribution in [1.29, 1.82) is 0 Å². The summed E-state index contributed by atoms with van der Waals surface area (Å²) in [5.41, 5.74) is 9.03. The number of aromatic nitrogens is 3. The molecular weight excluding hydrogens is 258 g/mol. The van der Waals surface area contributed by atoms with E-state index in [0.717, 1.165) is 26.2 Å². The van der Waals surface area contributed by atoms with Crippen molar-refractivity contribution < 1.29 is 4.74 Å². The summed E-state index contributed by atoms with van der Waals surface area (Å²) in [4.78, 5) is 14.9. The van der Waals surface area contributed by atoms with E-state index in [2.05, 4.69) is 30.3 Å². The maximum absolute atomic E-state index is 5.79. The Bertz CT molecular complexity index is 443. The zero-order valence-electron chi connectivity index (χ0n) is 11.6. The van der Waals surface area contributed by atoms with Crippen LogP contribution >= 0.6 is 0 Å². The van der Waals surface area contributed by atoms with Gasteiger partial charge in [-0.2, -0.15) is 15.0 Å². The second kappa shape index (κ2) is 6.19. The first-order valence-electron chi connectivity index (χ1n) is 7.17. The summed E-state index contributed by atoms with van der Waals surface area (Å²) in [6, 6.07) is 0. The predicted octanol–water partition coefficient (Wildman–Crippen LogP) is 0.103. The molecule has 0 aromatic carbocycles. The lowest BCUT2D eigenvalue weighted by Gasteiger charge is -2.29. The number of hydrogen-bond donors (Lipinski definition) is 2. The summed E-state index contributed by atoms with van der Waals surface area (Å²) in [6.45, 7) is 4.98. The minimum atomic E-state index is 0.251. The van der Waals surface area contributed by atoms with Gasteiger partial charge in [-0.25, -0.2) is 5.01 Å². The van der Waals surface area contributed by atoms with Crippen molar-refractivity contribution in [2.24, 2.45) is 0 Å². The number of hydrazine groups is 1. The zero-order valence-corrected chi connectivity index (χ0v) is 11.6. The fraction of sp³-hybridized carbons (Fsp3) is 0.750. The van der Waals surface area contributed by atoms with Gasteiger partial charge in [0.25, 0.3) is 0 Å². The number of piperidine rings is 1. The van der Waals surface area contributed by atoms with Crippen LogP contribution in [-0.4, -0.2) is 59.4 Å². The van der Waals surface area contributed by atoms with Crippen molar-refractivity contribution in [3.8, 4) is 0 Å². The van der Waals surface area contributed by atoms with Gasteiger partial charge >= 0.3 is 0 Å². The molecule has 0 saturated carbocycles. The maximum atomic E-state index is 5.79. The molecule has 0 atom stereocenters. The monoisotopic (exact) mass is 279 g/mol. The second-order valence-corrected chi connectivity index (χ2v) is 5.08. The van der Waals surface area contributed by atoms with Crippen LogP contribution in [0.2, 0.25) is 0 Å². The smallest absolute Gasteiger partial charge is 0.244 e. The van der Waals surface area contributed by atoms with E-state index in [1.165, 1.54) is 19.3 Å². The van der Waals surface area contributed by atoms with Crippen LogP contribution in [0.4, 0.5) is 17.8 Å². The van der Waals surface area contributed by atoms with Crippen LogP contribution in [0.15, 0.2) is 0 Å². The fourth-order valence-corrected chi connectivity index (χ4v) is 2.48. The Balaban J connectivity index is 1.71. The van der Waals surface area contributed by atoms with Crippen LogP contribution in [0.5, 0.6) is 0 Å². The van der Waals surface area contributed by atoms with Crippen molar-refractivity contribution in [2.45, 2.75) is 19.3 Å². The molecule has 2 aliphatic heterocycles. The number of hydrogen-bond acceptors (Lipinski definition) is 8. The van der Waals surface area contributed by atoms with Gasteiger partial charge in [0.15, 0.2) is 0 Å². The van der Waals surface area contributed by atoms with E-state index >= 15 is 0 Å². The molecule has 0 unspecified atom stereocenters. The molecule has 3 N–H and O–H groups in total. The molecule has 110 valence electrons. The SMILES string of the molecule is Nc1nc(NN2CCCCC2)nc(N2CCOCC2)n1. The Labute approximate surface area is 118 Å². The number of rotatable bonds is 3. The summed E-state index contributed by atoms with van der Waals surface area (Å²) in [5, 5.41) is 2.14. The third-order valence-corrected chi connectivity index (χ3v) is 3.55. The highest BCUT2D eigenvalue weighted by Gasteiger charge is 2.17. The van der Waals surface area contributed by atoms with Crippen LogP contribution < -0.4 is 16.1 Å². The first kappa shape index (κ1) is 13.3. The molecule has 20 heavy (non-hydrogen) atoms. The van der Waals surface area contributed by atoms with Crippen molar-refractivity contribution in [3.63, 3.8) is 0 Å². The van der Waals surface area contributed by atoms with Crippen molar-refractivity contribution in [2.75, 3.05) is 55.5 Å². The minimum Gasteiger partial charge on any atom is -0.378 e. The Morgan fingerprint density at radius 3 is 2.45 bits per heavy atom. The molecule has 1 aromatic heterocycles. The van der Waals surface area contributed by atoms with Gasteiger partial charge in [-0.1, -0.05) is 6.42 Å². The van der Waals surface area contributed by atoms with Gasteiger partial charge in [0.1, 0.15) is 0 Å². The minimum absolute atomic E-state index is 0.251. The highest BCUT2D eigenvalue weighted by atomic mass is 16.5. The van der Waals surface area contributed by atoms with E-state index in [1.54, 1.807) is 0 Å². The van der Waals surface area contributed by atoms with E-state index < -0.39 is 0 Å². The van der Waals surface area contributed by atoms with Crippen molar-refractivity contribution in [1.82, 2.24) is 20.0 Å². The van der Waals surface area contributed by atoms with Crippen LogP contribution in [0.25, 0.3) is 0 Å². The largest absolute Gasteiger partial charge is 0.378 e. The van der Waals surface area contributed by atoms with Gasteiger partial charge < -0.3 is 15.4 Å². The third-order valence-electron chi connectivity index (χ3n) is 3.55. The lowest BCUT2D eigenvalue weighted by molar-refractivity contribution is 0.122. The molecular formula is C12H21N7O. The van der Waals surface area contributed by atoms with Gasteiger partial charge in [0, 0.05) is 26.2 Å². The summed E-state index contributed by atoms with van der Waals surface area (Å²) in [6.07, 6.45) is 3.68. The van der Waals surface area contributed by atoms with Gasteiger partial charge in [0.2, 0.25) is 17.8 Å². The maximum Gasteiger partial charge on any atom is 0.244 e. The molecule has 0 bridgehead atoms. The molecule has 2 fully saturated rings. The Hall–Kier alpha value is -1.67. The zero-order chi connectivity index (χ0) is 13.8. The van der Waals surface area contributed by atoms with Gasteiger partial charge in [-0.15, -0.1) is 0 Å². The van der Waals surface area contributed by atoms with Gasteiger partial charge in [0.05, 0.1) is 13.2 Å². The molecule has 0 amide bonds. The first-order chi connectivity index (χ1) is 9.81. The van der Waals surface area contributed by atoms with E-state index in [-0.39, 0.29) is 5.95 Å². The number of ether oxygens (including phenoxy) is 1. The molecule has 2 saturated heterocycles. The van der Waals surface area contributed by atoms with E-state index in [4.69, 9.17) is 10.5 Å². The molecule has 3 rings (SSSR count). The number of anilines is 3. The quantitative estimate of drug-likeness (QED) is 0.805. The van der Waals surface area contributed by atoms with Crippen LogP contribution in [0.1, 0.15) is 19.3 Å². The number of nitrogen functional groups attached to an aromatic ring is 1. The number of morpholine rings is 1. The predicted molar refractivity (Wildman–Crippen MR) is 76.3 cm³/mol. The first-order valence-corrected chi connectivity index (χ1v) is 7.17. The summed E-state index contributed by atoms with van der Waals surface area (Å²) >= 11 is 0. The lowest BCUT2D eigenvalue weighted by Crippen LogP contribution is -2.38. The molecule has 8 nitrogen and oxygen atoms in total. The van der Waals surface area contributed by atoms with E-state index in [1.807, 2.05) is 0 Å². The van der Waals surface area contributed by atoms with E-state index in [0.29, 0.717) is 25.1 Å². The molecule has 0 spiro atoms. The fourth-order valence-electron chi connectivity index (χ4n) is 2.48. The molecule has 0 aliphatic carbocycles. The number of nitrogens with zero attached hydrogens (tertiary/aromatic N) is 5. The summed E-state index contributed by atoms with van der Waals surface area (Å²) < 4.78 is 5.34. The molecule has 1 aromatic rings. The topological polar surface area (TPSA) is 92.4 Å². The Morgan fingerprint density at radius 1 is 0.950 bits per heavy atom. The van der Waals surface area contributed by atoms with Gasteiger partial charge in [-0.05, 0) is 12.8 Å². The molecule has 8 heteroatoms. The number of nitrogens with two attached hydrogens (primary N) is 1. The molecule has 2 aliphatic rings. The molecule has 3 heterocycles. The normalized spacial score (nSPS) is 20.9. The Kier molecular flexibility index (Phi) is 4.12. The Morgan fingerprint density at radius 2 is 1.70 bits per heavy atom. The highest BCUT2D eigenvalue weighted by Crippen LogP contribution is 2.15. The van der Waals surface area contributed by atoms with Crippen LogP contribution in [-0.2, 0) is 4.74 Å². The second-order valence-electron chi connectivity index (χ2n) is 5.08. The van der Waals surface area contributed by atoms with Crippen molar-refractivity contribution >= 4 is 17.8 Å². The molecule has 0 radical (unpaired) electrons. The summed E-state index contributed by atoms with van der Waals surface area (Å²) in [5.74, 6) is 1.40. The standard InChI is InChI=1S/C12H21N7O/c13-10-14-11(17-19-4-2-1-3-5-19)16-12(15-10)18-6-8-20-9-7-18/h1-9H2,(H3,13,14,15,16,17). The third kappa shape index (κ3) is 3.26. The number of nitrogens with one attached hydrogen (secondary N) is 1. The van der Waals surface area contributed by atoms with Crippen molar-refractivity contribution in [3.05, 3.63) is 0 Å². The summed E-state index contributed by atoms with van der Waals surface area (Å²) in [7, 11) is 0. The van der Waals surface area contributed by atoms with Crippen LogP contribution in [0, 0.1) is 0 Å². The average molecular weight is 279 g/mol. The average Bonchev–Trinajstić information content (AvgIpc) is 2.49.